The van der Waals surface area contributed by atoms with Crippen LogP contribution < -0.4 is 5.32 Å². The van der Waals surface area contributed by atoms with Gasteiger partial charge in [0.25, 0.3) is 11.8 Å². The molecule has 0 saturated heterocycles. The number of rotatable bonds is 3. The second-order valence-corrected chi connectivity index (χ2v) is 5.58. The quantitative estimate of drug-likeness (QED) is 0.944. The summed E-state index contributed by atoms with van der Waals surface area (Å²) in [5.41, 5.74) is 2.12. The van der Waals surface area contributed by atoms with Gasteiger partial charge in [-0.25, -0.2) is 0 Å². The van der Waals surface area contributed by atoms with Gasteiger partial charge in [-0.1, -0.05) is 6.07 Å². The molecule has 20 heavy (non-hydrogen) atoms. The third-order valence-corrected chi connectivity index (χ3v) is 3.86. The van der Waals surface area contributed by atoms with Crippen molar-refractivity contribution in [3.05, 3.63) is 51.7 Å². The van der Waals surface area contributed by atoms with Gasteiger partial charge >= 0.3 is 0 Å². The lowest BCUT2D eigenvalue weighted by Crippen LogP contribution is -2.21. The van der Waals surface area contributed by atoms with E-state index in [1.165, 1.54) is 16.2 Å². The number of amides is 2. The first-order valence-electron chi connectivity index (χ1n) is 6.16. The molecule has 0 aliphatic carbocycles. The lowest BCUT2D eigenvalue weighted by atomic mass is 10.1. The Hall–Kier alpha value is -2.14. The monoisotopic (exact) mass is 288 g/mol. The van der Waals surface area contributed by atoms with Gasteiger partial charge in [-0.05, 0) is 42.1 Å². The van der Waals surface area contributed by atoms with Crippen LogP contribution in [0.5, 0.6) is 0 Å². The van der Waals surface area contributed by atoms with Crippen molar-refractivity contribution in [3.8, 4) is 0 Å². The van der Waals surface area contributed by atoms with E-state index in [0.717, 1.165) is 5.56 Å². The first-order valence-corrected chi connectivity index (χ1v) is 7.04. The molecule has 5 heteroatoms. The largest absolute Gasteiger partial charge is 0.345 e. The first kappa shape index (κ1) is 14.3. The average Bonchev–Trinajstić information content (AvgIpc) is 2.84. The molecule has 104 valence electrons. The molecular weight excluding hydrogens is 272 g/mol. The molecule has 2 rings (SSSR count). The summed E-state index contributed by atoms with van der Waals surface area (Å²) in [6, 6.07) is 8.85. The number of carbonyl (C=O) groups excluding carboxylic acids is 2. The van der Waals surface area contributed by atoms with Gasteiger partial charge < -0.3 is 10.2 Å². The van der Waals surface area contributed by atoms with Gasteiger partial charge in [0.15, 0.2) is 0 Å². The Morgan fingerprint density at radius 3 is 2.55 bits per heavy atom. The molecule has 1 aromatic heterocycles. The number of carbonyl (C=O) groups is 2. The number of benzene rings is 1. The highest BCUT2D eigenvalue weighted by Crippen LogP contribution is 2.18. The third-order valence-electron chi connectivity index (χ3n) is 2.84. The summed E-state index contributed by atoms with van der Waals surface area (Å²) in [5.74, 6) is -0.236. The van der Waals surface area contributed by atoms with Crippen LogP contribution in [0.4, 0.5) is 5.69 Å². The van der Waals surface area contributed by atoms with E-state index < -0.39 is 0 Å². The SMILES string of the molecule is Cc1ccsc1C(=O)Nc1cccc(C(=O)N(C)C)c1. The second kappa shape index (κ2) is 5.88. The Morgan fingerprint density at radius 2 is 1.95 bits per heavy atom. The van der Waals surface area contributed by atoms with E-state index >= 15 is 0 Å². The molecule has 0 aliphatic heterocycles. The summed E-state index contributed by atoms with van der Waals surface area (Å²) in [7, 11) is 3.39. The highest BCUT2D eigenvalue weighted by Gasteiger charge is 2.12. The Bertz CT molecular complexity index is 647. The molecule has 0 spiro atoms. The van der Waals surface area contributed by atoms with Crippen molar-refractivity contribution in [3.63, 3.8) is 0 Å². The zero-order valence-electron chi connectivity index (χ0n) is 11.6. The number of aryl methyl sites for hydroxylation is 1. The van der Waals surface area contributed by atoms with Crippen LogP contribution in [0, 0.1) is 6.92 Å². The third kappa shape index (κ3) is 3.05. The second-order valence-electron chi connectivity index (χ2n) is 4.67. The fourth-order valence-corrected chi connectivity index (χ4v) is 2.60. The predicted octanol–water partition coefficient (Wildman–Crippen LogP) is 3.01. The molecule has 0 saturated carbocycles. The number of hydrogen-bond acceptors (Lipinski definition) is 3. The minimum atomic E-state index is -0.146. The minimum Gasteiger partial charge on any atom is -0.345 e. The van der Waals surface area contributed by atoms with Crippen molar-refractivity contribution in [1.29, 1.82) is 0 Å². The van der Waals surface area contributed by atoms with Gasteiger partial charge in [0, 0.05) is 25.3 Å². The fraction of sp³-hybridized carbons (Fsp3) is 0.200. The van der Waals surface area contributed by atoms with E-state index in [2.05, 4.69) is 5.32 Å². The molecule has 0 bridgehead atoms. The van der Waals surface area contributed by atoms with Crippen LogP contribution in [0.2, 0.25) is 0 Å². The van der Waals surface area contributed by atoms with Crippen molar-refractivity contribution >= 4 is 28.8 Å². The summed E-state index contributed by atoms with van der Waals surface area (Å²) in [6.07, 6.45) is 0. The molecule has 1 N–H and O–H groups in total. The van der Waals surface area contributed by atoms with E-state index in [4.69, 9.17) is 0 Å². The number of anilines is 1. The van der Waals surface area contributed by atoms with Gasteiger partial charge in [-0.2, -0.15) is 0 Å². The lowest BCUT2D eigenvalue weighted by molar-refractivity contribution is 0.0827. The Labute approximate surface area is 122 Å². The summed E-state index contributed by atoms with van der Waals surface area (Å²) in [6.45, 7) is 1.90. The predicted molar refractivity (Wildman–Crippen MR) is 81.5 cm³/mol. The van der Waals surface area contributed by atoms with Crippen LogP contribution in [0.25, 0.3) is 0 Å². The molecule has 1 heterocycles. The number of thiophene rings is 1. The van der Waals surface area contributed by atoms with Crippen LogP contribution in [0.3, 0.4) is 0 Å². The molecule has 0 fully saturated rings. The van der Waals surface area contributed by atoms with Crippen LogP contribution >= 0.6 is 11.3 Å². The highest BCUT2D eigenvalue weighted by atomic mass is 32.1. The lowest BCUT2D eigenvalue weighted by Gasteiger charge is -2.11. The molecule has 0 radical (unpaired) electrons. The van der Waals surface area contributed by atoms with E-state index in [1.54, 1.807) is 38.4 Å². The van der Waals surface area contributed by atoms with Crippen molar-refractivity contribution in [1.82, 2.24) is 4.90 Å². The van der Waals surface area contributed by atoms with E-state index in [1.807, 2.05) is 18.4 Å². The topological polar surface area (TPSA) is 49.4 Å². The summed E-state index contributed by atoms with van der Waals surface area (Å²) >= 11 is 1.41. The Kier molecular flexibility index (Phi) is 4.20. The molecule has 4 nitrogen and oxygen atoms in total. The summed E-state index contributed by atoms with van der Waals surface area (Å²) in [5, 5.41) is 4.71. The molecule has 0 atom stereocenters. The molecule has 0 unspecified atom stereocenters. The molecule has 2 amide bonds. The van der Waals surface area contributed by atoms with Gasteiger partial charge in [-0.3, -0.25) is 9.59 Å². The van der Waals surface area contributed by atoms with E-state index in [0.29, 0.717) is 16.1 Å². The zero-order chi connectivity index (χ0) is 14.7. The van der Waals surface area contributed by atoms with Crippen molar-refractivity contribution < 1.29 is 9.59 Å². The highest BCUT2D eigenvalue weighted by molar-refractivity contribution is 7.12. The number of hydrogen-bond donors (Lipinski definition) is 1. The van der Waals surface area contributed by atoms with Crippen molar-refractivity contribution in [2.24, 2.45) is 0 Å². The minimum absolute atomic E-state index is 0.0894. The maximum atomic E-state index is 12.1. The first-order chi connectivity index (χ1) is 9.49. The average molecular weight is 288 g/mol. The van der Waals surface area contributed by atoms with Crippen molar-refractivity contribution in [2.45, 2.75) is 6.92 Å². The van der Waals surface area contributed by atoms with Gasteiger partial charge in [0.2, 0.25) is 0 Å². The Balaban J connectivity index is 2.18. The fourth-order valence-electron chi connectivity index (χ4n) is 1.78. The van der Waals surface area contributed by atoms with Crippen LogP contribution in [-0.2, 0) is 0 Å². The standard InChI is InChI=1S/C15H16N2O2S/c1-10-7-8-20-13(10)14(18)16-12-6-4-5-11(9-12)15(19)17(2)3/h4-9H,1-3H3,(H,16,18). The van der Waals surface area contributed by atoms with Crippen LogP contribution in [-0.4, -0.2) is 30.8 Å². The normalized spacial score (nSPS) is 10.2. The molecule has 1 aromatic carbocycles. The molecule has 2 aromatic rings. The van der Waals surface area contributed by atoms with E-state index in [9.17, 15) is 9.59 Å². The maximum Gasteiger partial charge on any atom is 0.265 e. The summed E-state index contributed by atoms with van der Waals surface area (Å²) < 4.78 is 0. The maximum absolute atomic E-state index is 12.1. The molecule has 0 aliphatic rings. The van der Waals surface area contributed by atoms with Crippen molar-refractivity contribution in [2.75, 3.05) is 19.4 Å². The number of nitrogens with one attached hydrogen (secondary N) is 1. The smallest absolute Gasteiger partial charge is 0.265 e. The molecular formula is C15H16N2O2S. The number of nitrogens with zero attached hydrogens (tertiary/aromatic N) is 1. The van der Waals surface area contributed by atoms with Gasteiger partial charge in [0.1, 0.15) is 0 Å². The zero-order valence-corrected chi connectivity index (χ0v) is 12.5. The summed E-state index contributed by atoms with van der Waals surface area (Å²) in [4.78, 5) is 26.2. The van der Waals surface area contributed by atoms with E-state index in [-0.39, 0.29) is 11.8 Å². The Morgan fingerprint density at radius 1 is 1.20 bits per heavy atom. The van der Waals surface area contributed by atoms with Gasteiger partial charge in [-0.15, -0.1) is 11.3 Å². The van der Waals surface area contributed by atoms with Gasteiger partial charge in [0.05, 0.1) is 4.88 Å². The van der Waals surface area contributed by atoms with Crippen LogP contribution in [0.1, 0.15) is 25.6 Å². The van der Waals surface area contributed by atoms with Crippen LogP contribution in [0.15, 0.2) is 35.7 Å².